The molecule has 2 saturated heterocycles. The maximum absolute atomic E-state index is 13.1. The number of rotatable bonds is 23. The first-order valence-electron chi connectivity index (χ1n) is 33.4. The third kappa shape index (κ3) is 28.2. The Balaban J connectivity index is 0.00000102. The van der Waals surface area contributed by atoms with Crippen LogP contribution in [0.15, 0.2) is 72.9 Å². The van der Waals surface area contributed by atoms with Crippen LogP contribution in [0.2, 0.25) is 0 Å². The lowest BCUT2D eigenvalue weighted by molar-refractivity contribution is -0.194. The fourth-order valence-corrected chi connectivity index (χ4v) is 12.4. The van der Waals surface area contributed by atoms with E-state index in [1.165, 1.54) is 41.5 Å². The van der Waals surface area contributed by atoms with Gasteiger partial charge in [0.15, 0.2) is 0 Å². The maximum atomic E-state index is 13.1. The summed E-state index contributed by atoms with van der Waals surface area (Å²) in [6.07, 6.45) is 24.9. The van der Waals surface area contributed by atoms with Crippen LogP contribution in [0.1, 0.15) is 194 Å². The Morgan fingerprint density at radius 3 is 1.21 bits per heavy atom. The van der Waals surface area contributed by atoms with Gasteiger partial charge in [-0.3, -0.25) is 24.2 Å². The van der Waals surface area contributed by atoms with E-state index in [-0.39, 0.29) is 43.4 Å². The van der Waals surface area contributed by atoms with Crippen molar-refractivity contribution in [3.05, 3.63) is 72.9 Å². The van der Waals surface area contributed by atoms with E-state index in [2.05, 4.69) is 79.1 Å². The van der Waals surface area contributed by atoms with Gasteiger partial charge in [0, 0.05) is 56.5 Å². The van der Waals surface area contributed by atoms with Crippen molar-refractivity contribution in [2.75, 3.05) is 39.3 Å². The van der Waals surface area contributed by atoms with E-state index in [0.29, 0.717) is 65.0 Å². The van der Waals surface area contributed by atoms with Crippen LogP contribution in [0.5, 0.6) is 0 Å². The summed E-state index contributed by atoms with van der Waals surface area (Å²) in [5.74, 6) is -5.51. The second kappa shape index (κ2) is 41.8. The summed E-state index contributed by atoms with van der Waals surface area (Å²) in [5.41, 5.74) is -0.938. The van der Waals surface area contributed by atoms with Gasteiger partial charge in [-0.2, -0.15) is 0 Å². The molecule has 2 aliphatic rings. The number of cyclic esters (lactones) is 2. The van der Waals surface area contributed by atoms with E-state index < -0.39 is 119 Å². The number of nitrogens with two attached hydrogens (primary N) is 1. The summed E-state index contributed by atoms with van der Waals surface area (Å²) in [6.45, 7) is 28.0. The van der Waals surface area contributed by atoms with E-state index >= 15 is 0 Å². The Labute approximate surface area is 536 Å². The second-order valence-electron chi connectivity index (χ2n) is 26.8. The van der Waals surface area contributed by atoms with Crippen molar-refractivity contribution in [3.8, 4) is 0 Å². The molecule has 0 bridgehead atoms. The van der Waals surface area contributed by atoms with Crippen molar-refractivity contribution in [1.82, 2.24) is 15.1 Å². The Kier molecular flexibility index (Phi) is 39.2. The predicted octanol–water partition coefficient (Wildman–Crippen LogP) is 7.12. The van der Waals surface area contributed by atoms with Crippen molar-refractivity contribution in [2.24, 2.45) is 41.2 Å². The molecule has 0 radical (unpaired) electrons. The zero-order chi connectivity index (χ0) is 67.9. The van der Waals surface area contributed by atoms with E-state index in [1.54, 1.807) is 41.5 Å². The van der Waals surface area contributed by atoms with Crippen molar-refractivity contribution < 1.29 is 74.9 Å². The van der Waals surface area contributed by atoms with Gasteiger partial charge in [-0.1, -0.05) is 121 Å². The summed E-state index contributed by atoms with van der Waals surface area (Å²) >= 11 is 0. The Morgan fingerprint density at radius 2 is 0.876 bits per heavy atom. The first-order valence-corrected chi connectivity index (χ1v) is 33.4. The standard InChI is InChI=1S/C46H78N2O8.C24H48N2O7/c1-9-11-12-13-14-15-16-17-18-19-20-21-22-23-24-25-26-27-28-30-40(49)47-31-29-32-48-34-35(3)33-45(7,54)42(51)36(4)41(50)37(5)44(53)56-39(10-2)46(8,55)43(52)38(48)6;1-8-18-24(7,32)21(29)17(5)26(11-9-10-25)13-14(2)12-23(6,31)20(28)15(3)19(27)16(4)22(30)33-18/h11-12,14-15,17-18,20-21,23-24,26-27,35-39,41-43,50-52,54-55H,9-10,13,16,19,22,25,28-34H2,1-8H3,(H,47,49);14-21,27-29,31-32H,8-13,25H2,1-7H3/b12-11-,15-14-,18-17-,21-20-,24-23-,27-26-;/t35-,36+,37-,38-,39-,41+,42-,43-,45-,46-;14-,15+,16-,17-,18-,19+,20-,21-,23-,24-/m11/s1. The average molecular weight is 1260 g/mol. The Bertz CT molecular complexity index is 2180. The van der Waals surface area contributed by atoms with Gasteiger partial charge in [-0.05, 0) is 164 Å². The fourth-order valence-electron chi connectivity index (χ4n) is 12.4. The highest BCUT2D eigenvalue weighted by atomic mass is 16.6. The molecule has 2 heterocycles. The van der Waals surface area contributed by atoms with Crippen molar-refractivity contribution in [2.45, 2.75) is 277 Å². The lowest BCUT2D eigenvalue weighted by atomic mass is 9.78. The fraction of sp³-hybridized carbons (Fsp3) is 0.786. The van der Waals surface area contributed by atoms with Crippen molar-refractivity contribution in [3.63, 3.8) is 0 Å². The predicted molar refractivity (Wildman–Crippen MR) is 354 cm³/mol. The molecule has 89 heavy (non-hydrogen) atoms. The van der Waals surface area contributed by atoms with Crippen LogP contribution < -0.4 is 11.1 Å². The molecule has 19 heteroatoms. The van der Waals surface area contributed by atoms with Gasteiger partial charge in [-0.25, -0.2) is 0 Å². The number of aliphatic hydroxyl groups is 10. The normalized spacial score (nSPS) is 37.1. The van der Waals surface area contributed by atoms with Crippen LogP contribution >= 0.6 is 0 Å². The van der Waals surface area contributed by atoms with Crippen molar-refractivity contribution in [1.29, 1.82) is 0 Å². The second-order valence-corrected chi connectivity index (χ2v) is 26.8. The highest BCUT2D eigenvalue weighted by Gasteiger charge is 2.49. The summed E-state index contributed by atoms with van der Waals surface area (Å²) < 4.78 is 11.3. The summed E-state index contributed by atoms with van der Waals surface area (Å²) in [4.78, 5) is 42.5. The molecule has 0 unspecified atom stereocenters. The molecule has 0 aromatic heterocycles. The number of nitrogens with one attached hydrogen (secondary N) is 1. The SMILES string of the molecule is CC/C=C\C/C=C\C/C=C\C/C=C\C/C=C\C/C=C\CCC(=O)NCCCN1C[C@H](C)C[C@@](C)(O)[C@H](O)[C@@H](C)[C@H](O)[C@@H](C)C(=O)O[C@H](CC)[C@@](C)(O)[C@H](O)[C@H]1C.CC[C@H]1OC(=O)[C@H](C)[C@@H](O)[C@H](C)[C@@H](O)[C@](C)(O)C[C@@H](C)CN(CCCN)[C@H](C)[C@@H](O)[C@]1(C)O. The first-order chi connectivity index (χ1) is 41.6. The molecule has 2 aliphatic heterocycles. The molecule has 1 amide bonds. The summed E-state index contributed by atoms with van der Waals surface area (Å²) in [6, 6.07) is -1.09. The molecule has 0 aliphatic carbocycles. The van der Waals surface area contributed by atoms with Gasteiger partial charge in [0.1, 0.15) is 35.6 Å². The molecule has 0 spiro atoms. The lowest BCUT2D eigenvalue weighted by Crippen LogP contribution is -2.59. The van der Waals surface area contributed by atoms with E-state index in [9.17, 15) is 65.4 Å². The van der Waals surface area contributed by atoms with Gasteiger partial charge in [0.05, 0.1) is 47.5 Å². The highest BCUT2D eigenvalue weighted by Crippen LogP contribution is 2.35. The number of hydrogen-bond donors (Lipinski definition) is 12. The largest absolute Gasteiger partial charge is 0.459 e. The minimum absolute atomic E-state index is 0.0471. The molecule has 2 rings (SSSR count). The minimum Gasteiger partial charge on any atom is -0.459 e. The van der Waals surface area contributed by atoms with Gasteiger partial charge >= 0.3 is 11.9 Å². The molecule has 13 N–H and O–H groups in total. The number of carbonyl (C=O) groups excluding carboxylic acids is 3. The van der Waals surface area contributed by atoms with Crippen LogP contribution in [-0.4, -0.2) is 201 Å². The maximum Gasteiger partial charge on any atom is 0.311 e. The molecule has 2 fully saturated rings. The number of ether oxygens (including phenoxy) is 2. The number of hydrogen-bond acceptors (Lipinski definition) is 18. The Morgan fingerprint density at radius 1 is 0.539 bits per heavy atom. The molecular weight excluding hydrogens is 1140 g/mol. The highest BCUT2D eigenvalue weighted by molar-refractivity contribution is 5.76. The average Bonchev–Trinajstić information content (AvgIpc) is 3.27. The molecular formula is C70H126N4O15. The zero-order valence-corrected chi connectivity index (χ0v) is 57.3. The summed E-state index contributed by atoms with van der Waals surface area (Å²) in [5, 5.41) is 115. The van der Waals surface area contributed by atoms with Crippen LogP contribution in [0.4, 0.5) is 0 Å². The zero-order valence-electron chi connectivity index (χ0n) is 57.3. The van der Waals surface area contributed by atoms with Crippen molar-refractivity contribution >= 4 is 17.8 Å². The lowest BCUT2D eigenvalue weighted by Gasteiger charge is -2.43. The van der Waals surface area contributed by atoms with Crippen LogP contribution in [0.25, 0.3) is 0 Å². The third-order valence-electron chi connectivity index (χ3n) is 18.3. The molecule has 20 atom stereocenters. The molecule has 19 nitrogen and oxygen atoms in total. The van der Waals surface area contributed by atoms with Gasteiger partial charge in [-0.15, -0.1) is 0 Å². The quantitative estimate of drug-likeness (QED) is 0.0275. The Hall–Kier alpha value is -3.67. The topological polar surface area (TPSA) is 316 Å². The van der Waals surface area contributed by atoms with Crippen LogP contribution in [0.3, 0.4) is 0 Å². The van der Waals surface area contributed by atoms with Gasteiger partial charge in [0.25, 0.3) is 0 Å². The number of aliphatic hydroxyl groups excluding tert-OH is 6. The molecule has 0 aromatic carbocycles. The van der Waals surface area contributed by atoms with Crippen LogP contribution in [-0.2, 0) is 23.9 Å². The van der Waals surface area contributed by atoms with Gasteiger partial charge < -0.3 is 71.6 Å². The number of esters is 2. The molecule has 516 valence electrons. The number of carbonyl (C=O) groups is 3. The van der Waals surface area contributed by atoms with E-state index in [0.717, 1.165) is 38.5 Å². The molecule has 0 aromatic rings. The van der Waals surface area contributed by atoms with Gasteiger partial charge in [0.2, 0.25) is 5.91 Å². The smallest absolute Gasteiger partial charge is 0.311 e. The molecule has 0 saturated carbocycles. The van der Waals surface area contributed by atoms with E-state index in [4.69, 9.17) is 15.2 Å². The number of allylic oxidation sites excluding steroid dienone is 12. The van der Waals surface area contributed by atoms with E-state index in [1.807, 2.05) is 29.7 Å². The first kappa shape index (κ1) is 83.3. The monoisotopic (exact) mass is 1260 g/mol. The minimum atomic E-state index is -1.82. The summed E-state index contributed by atoms with van der Waals surface area (Å²) in [7, 11) is 0. The number of amides is 1. The third-order valence-corrected chi connectivity index (χ3v) is 18.3. The van der Waals surface area contributed by atoms with Crippen LogP contribution in [0, 0.1) is 35.5 Å². The number of nitrogens with zero attached hydrogens (tertiary/aromatic N) is 2.